The summed E-state index contributed by atoms with van der Waals surface area (Å²) in [6.45, 7) is 9.17. The maximum atomic E-state index is 13.2. The summed E-state index contributed by atoms with van der Waals surface area (Å²) in [6, 6.07) is 5.68. The Hall–Kier alpha value is -1.15. The van der Waals surface area contributed by atoms with Crippen molar-refractivity contribution in [2.24, 2.45) is 0 Å². The predicted octanol–water partition coefficient (Wildman–Crippen LogP) is 3.93. The van der Waals surface area contributed by atoms with Gasteiger partial charge in [0, 0.05) is 6.04 Å². The molecule has 1 nitrogen and oxygen atoms in total. The smallest absolute Gasteiger partial charge is 0.124 e. The monoisotopic (exact) mass is 235 g/mol. The van der Waals surface area contributed by atoms with Gasteiger partial charge < -0.3 is 5.32 Å². The van der Waals surface area contributed by atoms with Gasteiger partial charge in [0.25, 0.3) is 0 Å². The lowest BCUT2D eigenvalue weighted by Gasteiger charge is -2.07. The van der Waals surface area contributed by atoms with E-state index < -0.39 is 0 Å². The third-order valence-electron chi connectivity index (χ3n) is 2.64. The van der Waals surface area contributed by atoms with Gasteiger partial charge in [-0.3, -0.25) is 0 Å². The van der Waals surface area contributed by atoms with Gasteiger partial charge in [-0.2, -0.15) is 0 Å². The van der Waals surface area contributed by atoms with E-state index in [2.05, 4.69) is 25.2 Å². The highest BCUT2D eigenvalue weighted by Crippen LogP contribution is 2.17. The van der Waals surface area contributed by atoms with E-state index in [9.17, 15) is 4.39 Å². The van der Waals surface area contributed by atoms with Gasteiger partial charge in [0.1, 0.15) is 5.82 Å². The number of hydrogen-bond acceptors (Lipinski definition) is 1. The minimum absolute atomic E-state index is 0.159. The van der Waals surface area contributed by atoms with E-state index in [1.54, 1.807) is 12.1 Å². The van der Waals surface area contributed by atoms with Crippen molar-refractivity contribution in [3.8, 4) is 0 Å². The molecular formula is C15H22FN. The highest BCUT2D eigenvalue weighted by Gasteiger charge is 2.00. The van der Waals surface area contributed by atoms with Crippen molar-refractivity contribution in [3.63, 3.8) is 0 Å². The molecule has 17 heavy (non-hydrogen) atoms. The topological polar surface area (TPSA) is 12.0 Å². The number of allylic oxidation sites excluding steroid dienone is 1. The highest BCUT2D eigenvalue weighted by atomic mass is 19.1. The highest BCUT2D eigenvalue weighted by molar-refractivity contribution is 5.64. The van der Waals surface area contributed by atoms with Gasteiger partial charge in [-0.1, -0.05) is 26.0 Å². The Morgan fingerprint density at radius 2 is 2.06 bits per heavy atom. The summed E-state index contributed by atoms with van der Waals surface area (Å²) in [5.74, 6) is -0.159. The van der Waals surface area contributed by atoms with Crippen molar-refractivity contribution >= 4 is 5.57 Å². The van der Waals surface area contributed by atoms with E-state index in [1.807, 2.05) is 19.9 Å². The van der Waals surface area contributed by atoms with Crippen molar-refractivity contribution in [3.05, 3.63) is 41.2 Å². The van der Waals surface area contributed by atoms with Gasteiger partial charge in [-0.15, -0.1) is 0 Å². The van der Waals surface area contributed by atoms with Gasteiger partial charge >= 0.3 is 0 Å². The van der Waals surface area contributed by atoms with E-state index in [-0.39, 0.29) is 5.82 Å². The Balaban J connectivity index is 2.61. The average Bonchev–Trinajstić information content (AvgIpc) is 2.22. The molecule has 1 N–H and O–H groups in total. The first-order chi connectivity index (χ1) is 7.99. The Morgan fingerprint density at radius 3 is 2.65 bits per heavy atom. The maximum absolute atomic E-state index is 13.2. The molecule has 0 aliphatic heterocycles. The van der Waals surface area contributed by atoms with Crippen LogP contribution in [0.2, 0.25) is 0 Å². The Bertz CT molecular complexity index is 374. The summed E-state index contributed by atoms with van der Waals surface area (Å²) in [5, 5.41) is 3.36. The molecule has 0 aliphatic rings. The molecule has 0 bridgehead atoms. The number of rotatable bonds is 5. The van der Waals surface area contributed by atoms with Gasteiger partial charge in [0.2, 0.25) is 0 Å². The summed E-state index contributed by atoms with van der Waals surface area (Å²) < 4.78 is 13.2. The molecule has 0 amide bonds. The summed E-state index contributed by atoms with van der Waals surface area (Å²) in [5.41, 5.74) is 3.08. The fraction of sp³-hybridized carbons (Fsp3) is 0.467. The molecule has 0 atom stereocenters. The van der Waals surface area contributed by atoms with Crippen molar-refractivity contribution in [2.75, 3.05) is 6.54 Å². The van der Waals surface area contributed by atoms with Crippen LogP contribution in [0.25, 0.3) is 5.57 Å². The van der Waals surface area contributed by atoms with Crippen molar-refractivity contribution in [1.29, 1.82) is 0 Å². The molecule has 0 radical (unpaired) electrons. The minimum Gasteiger partial charge on any atom is -0.314 e. The molecule has 0 heterocycles. The summed E-state index contributed by atoms with van der Waals surface area (Å²) in [4.78, 5) is 0. The van der Waals surface area contributed by atoms with E-state index in [0.717, 1.165) is 29.7 Å². The minimum atomic E-state index is -0.159. The lowest BCUT2D eigenvalue weighted by atomic mass is 10.0. The van der Waals surface area contributed by atoms with Crippen LogP contribution in [0, 0.1) is 12.7 Å². The Kier molecular flexibility index (Phi) is 5.36. The fourth-order valence-corrected chi connectivity index (χ4v) is 1.74. The quantitative estimate of drug-likeness (QED) is 0.763. The summed E-state index contributed by atoms with van der Waals surface area (Å²) in [7, 11) is 0. The second kappa shape index (κ2) is 6.55. The number of hydrogen-bond donors (Lipinski definition) is 1. The second-order valence-corrected chi connectivity index (χ2v) is 4.80. The van der Waals surface area contributed by atoms with E-state index in [1.165, 1.54) is 0 Å². The number of halogens is 1. The van der Waals surface area contributed by atoms with Crippen LogP contribution in [0.5, 0.6) is 0 Å². The standard InChI is InChI=1S/C15H22FN/c1-11(2)17-7-5-6-13(4)14-8-12(3)9-15(16)10-14/h6,8-11,17H,5,7H2,1-4H3. The van der Waals surface area contributed by atoms with Crippen LogP contribution in [0.15, 0.2) is 24.3 Å². The average molecular weight is 235 g/mol. The molecule has 0 unspecified atom stereocenters. The number of nitrogens with one attached hydrogen (secondary N) is 1. The van der Waals surface area contributed by atoms with Gasteiger partial charge in [0.05, 0.1) is 0 Å². The molecule has 0 saturated heterocycles. The molecule has 0 aromatic heterocycles. The molecule has 0 saturated carbocycles. The molecule has 0 aliphatic carbocycles. The number of aryl methyl sites for hydroxylation is 1. The van der Waals surface area contributed by atoms with Crippen LogP contribution >= 0.6 is 0 Å². The summed E-state index contributed by atoms with van der Waals surface area (Å²) in [6.07, 6.45) is 3.13. The van der Waals surface area contributed by atoms with Gasteiger partial charge in [-0.25, -0.2) is 4.39 Å². The zero-order valence-corrected chi connectivity index (χ0v) is 11.2. The van der Waals surface area contributed by atoms with E-state index >= 15 is 0 Å². The molecule has 0 spiro atoms. The molecular weight excluding hydrogens is 213 g/mol. The van der Waals surface area contributed by atoms with Crippen molar-refractivity contribution in [1.82, 2.24) is 5.32 Å². The lowest BCUT2D eigenvalue weighted by Crippen LogP contribution is -2.23. The maximum Gasteiger partial charge on any atom is 0.124 e. The number of benzene rings is 1. The van der Waals surface area contributed by atoms with Crippen LogP contribution in [0.3, 0.4) is 0 Å². The summed E-state index contributed by atoms with van der Waals surface area (Å²) >= 11 is 0. The van der Waals surface area contributed by atoms with E-state index in [0.29, 0.717) is 6.04 Å². The zero-order valence-electron chi connectivity index (χ0n) is 11.2. The molecule has 1 aromatic carbocycles. The van der Waals surface area contributed by atoms with Gasteiger partial charge in [0.15, 0.2) is 0 Å². The third-order valence-corrected chi connectivity index (χ3v) is 2.64. The van der Waals surface area contributed by atoms with Crippen LogP contribution in [0.1, 0.15) is 38.3 Å². The Labute approximate surface area is 104 Å². The first kappa shape index (κ1) is 13.9. The zero-order chi connectivity index (χ0) is 12.8. The first-order valence-corrected chi connectivity index (χ1v) is 6.16. The van der Waals surface area contributed by atoms with Crippen LogP contribution in [0.4, 0.5) is 4.39 Å². The van der Waals surface area contributed by atoms with E-state index in [4.69, 9.17) is 0 Å². The van der Waals surface area contributed by atoms with Crippen LogP contribution < -0.4 is 5.32 Å². The molecule has 2 heteroatoms. The van der Waals surface area contributed by atoms with Crippen LogP contribution in [-0.2, 0) is 0 Å². The van der Waals surface area contributed by atoms with Crippen molar-refractivity contribution in [2.45, 2.75) is 40.2 Å². The van der Waals surface area contributed by atoms with Crippen molar-refractivity contribution < 1.29 is 4.39 Å². The first-order valence-electron chi connectivity index (χ1n) is 6.16. The molecule has 1 rings (SSSR count). The SMILES string of the molecule is CC(=CCCNC(C)C)c1cc(C)cc(F)c1. The third kappa shape index (κ3) is 5.14. The lowest BCUT2D eigenvalue weighted by molar-refractivity contribution is 0.595. The molecule has 0 fully saturated rings. The molecule has 1 aromatic rings. The largest absolute Gasteiger partial charge is 0.314 e. The van der Waals surface area contributed by atoms with Gasteiger partial charge in [-0.05, 0) is 55.6 Å². The van der Waals surface area contributed by atoms with Crippen LogP contribution in [-0.4, -0.2) is 12.6 Å². The second-order valence-electron chi connectivity index (χ2n) is 4.80. The fourth-order valence-electron chi connectivity index (χ4n) is 1.74. The molecule has 94 valence electrons. The predicted molar refractivity (Wildman–Crippen MR) is 72.5 cm³/mol. The normalized spacial score (nSPS) is 12.2. The Morgan fingerprint density at radius 1 is 1.35 bits per heavy atom.